The average molecular weight is 470 g/mol. The topological polar surface area (TPSA) is 3.24 Å². The van der Waals surface area contributed by atoms with E-state index in [1.54, 1.807) is 0 Å². The standard InChI is InChI=1S/C23H29N.5C2H6/c1-22(2,23(3,4)24(5)6)21-19-15-11-10-14-18(19)16-20(21)17-12-8-7-9-13-17;5*1-2/h7-15H,16H2,1-6H3;5*1-2H3. The highest BCUT2D eigenvalue weighted by molar-refractivity contribution is 5.99. The van der Waals surface area contributed by atoms with E-state index in [9.17, 15) is 0 Å². The zero-order valence-corrected chi connectivity index (χ0v) is 25.9. The molecule has 1 heteroatoms. The molecule has 0 fully saturated rings. The molecular weight excluding hydrogens is 410 g/mol. The van der Waals surface area contributed by atoms with E-state index in [0.717, 1.165) is 6.42 Å². The maximum Gasteiger partial charge on any atom is 0.0238 e. The Hall–Kier alpha value is -1.86. The minimum absolute atomic E-state index is 0.0221. The molecule has 196 valence electrons. The van der Waals surface area contributed by atoms with Crippen molar-refractivity contribution in [2.45, 2.75) is 109 Å². The third kappa shape index (κ3) is 8.73. The number of rotatable bonds is 4. The lowest BCUT2D eigenvalue weighted by Gasteiger charge is -2.48. The SMILES string of the molecule is CC.CC.CC.CC.CC.CN(C)C(C)(C)C(C)(C)C1=C(c2ccccc2)Cc2ccccc21. The van der Waals surface area contributed by atoms with E-state index in [4.69, 9.17) is 0 Å². The molecule has 0 bridgehead atoms. The van der Waals surface area contributed by atoms with Gasteiger partial charge in [0.2, 0.25) is 0 Å². The zero-order valence-electron chi connectivity index (χ0n) is 25.9. The zero-order chi connectivity index (χ0) is 27.5. The summed E-state index contributed by atoms with van der Waals surface area (Å²) in [7, 11) is 4.37. The third-order valence-corrected chi connectivity index (χ3v) is 6.35. The van der Waals surface area contributed by atoms with Crippen molar-refractivity contribution < 1.29 is 0 Å². The van der Waals surface area contributed by atoms with Crippen LogP contribution in [0.2, 0.25) is 0 Å². The first kappa shape index (κ1) is 36.7. The summed E-state index contributed by atoms with van der Waals surface area (Å²) in [6, 6.07) is 19.8. The maximum absolute atomic E-state index is 2.40. The van der Waals surface area contributed by atoms with E-state index in [-0.39, 0.29) is 11.0 Å². The van der Waals surface area contributed by atoms with Crippen molar-refractivity contribution in [3.05, 3.63) is 71.3 Å². The van der Waals surface area contributed by atoms with Gasteiger partial charge in [0.25, 0.3) is 0 Å². The van der Waals surface area contributed by atoms with Crippen LogP contribution >= 0.6 is 0 Å². The fourth-order valence-electron chi connectivity index (χ4n) is 3.82. The molecule has 0 amide bonds. The molecule has 0 radical (unpaired) electrons. The molecule has 1 aliphatic rings. The van der Waals surface area contributed by atoms with Crippen molar-refractivity contribution in [3.63, 3.8) is 0 Å². The molecule has 0 N–H and O–H groups in total. The molecule has 1 nitrogen and oxygen atoms in total. The molecule has 0 unspecified atom stereocenters. The van der Waals surface area contributed by atoms with Gasteiger partial charge in [-0.25, -0.2) is 0 Å². The van der Waals surface area contributed by atoms with Crippen LogP contribution in [0.4, 0.5) is 0 Å². The second kappa shape index (κ2) is 19.4. The number of benzene rings is 2. The van der Waals surface area contributed by atoms with Gasteiger partial charge in [-0.1, -0.05) is 138 Å². The predicted octanol–water partition coefficient (Wildman–Crippen LogP) is 10.7. The molecule has 3 rings (SSSR count). The Bertz CT molecular complexity index is 764. The lowest BCUT2D eigenvalue weighted by molar-refractivity contribution is 0.0937. The summed E-state index contributed by atoms with van der Waals surface area (Å²) in [5.41, 5.74) is 7.28. The molecule has 0 heterocycles. The first-order chi connectivity index (χ1) is 16.3. The summed E-state index contributed by atoms with van der Waals surface area (Å²) in [6.45, 7) is 29.5. The molecule has 34 heavy (non-hydrogen) atoms. The average Bonchev–Trinajstić information content (AvgIpc) is 3.31. The first-order valence-corrected chi connectivity index (χ1v) is 13.8. The summed E-state index contributed by atoms with van der Waals surface area (Å²) in [4.78, 5) is 2.35. The number of hydrogen-bond acceptors (Lipinski definition) is 1. The van der Waals surface area contributed by atoms with Crippen LogP contribution in [0.15, 0.2) is 54.6 Å². The van der Waals surface area contributed by atoms with Gasteiger partial charge in [-0.15, -0.1) is 0 Å². The Balaban J connectivity index is -0.000000854. The quantitative estimate of drug-likeness (QED) is 0.430. The van der Waals surface area contributed by atoms with Crippen LogP contribution in [0.5, 0.6) is 0 Å². The van der Waals surface area contributed by atoms with Crippen LogP contribution in [0, 0.1) is 5.41 Å². The molecule has 0 saturated heterocycles. The summed E-state index contributed by atoms with van der Waals surface area (Å²) >= 11 is 0. The van der Waals surface area contributed by atoms with Crippen molar-refractivity contribution >= 4 is 11.1 Å². The normalized spacial score (nSPS) is 11.6. The van der Waals surface area contributed by atoms with Crippen LogP contribution < -0.4 is 0 Å². The van der Waals surface area contributed by atoms with Crippen LogP contribution in [-0.4, -0.2) is 24.5 Å². The Morgan fingerprint density at radius 2 is 1.00 bits per heavy atom. The third-order valence-electron chi connectivity index (χ3n) is 6.35. The minimum Gasteiger partial charge on any atom is -0.303 e. The minimum atomic E-state index is 0.0221. The van der Waals surface area contributed by atoms with Crippen LogP contribution in [0.25, 0.3) is 11.1 Å². The van der Waals surface area contributed by atoms with Crippen LogP contribution in [0.1, 0.15) is 114 Å². The summed E-state index contributed by atoms with van der Waals surface area (Å²) in [5.74, 6) is 0. The first-order valence-electron chi connectivity index (χ1n) is 13.8. The Labute approximate surface area is 215 Å². The highest BCUT2D eigenvalue weighted by atomic mass is 15.1. The van der Waals surface area contributed by atoms with E-state index in [0.29, 0.717) is 0 Å². The van der Waals surface area contributed by atoms with Gasteiger partial charge >= 0.3 is 0 Å². The van der Waals surface area contributed by atoms with Crippen molar-refractivity contribution in [2.24, 2.45) is 5.41 Å². The van der Waals surface area contributed by atoms with E-state index in [1.807, 2.05) is 69.2 Å². The van der Waals surface area contributed by atoms with Gasteiger partial charge in [-0.2, -0.15) is 0 Å². The van der Waals surface area contributed by atoms with Crippen LogP contribution in [-0.2, 0) is 6.42 Å². The number of hydrogen-bond donors (Lipinski definition) is 0. The monoisotopic (exact) mass is 469 g/mol. The predicted molar refractivity (Wildman–Crippen MR) is 162 cm³/mol. The van der Waals surface area contributed by atoms with Crippen molar-refractivity contribution in [1.82, 2.24) is 4.90 Å². The molecule has 2 aromatic carbocycles. The van der Waals surface area contributed by atoms with E-state index >= 15 is 0 Å². The summed E-state index contributed by atoms with van der Waals surface area (Å²) < 4.78 is 0. The second-order valence-electron chi connectivity index (χ2n) is 8.13. The highest BCUT2D eigenvalue weighted by Gasteiger charge is 2.45. The van der Waals surface area contributed by atoms with Gasteiger partial charge in [0.1, 0.15) is 0 Å². The van der Waals surface area contributed by atoms with Gasteiger partial charge in [0.15, 0.2) is 0 Å². The fraction of sp³-hybridized carbons (Fsp3) is 0.576. The van der Waals surface area contributed by atoms with E-state index < -0.39 is 0 Å². The highest BCUT2D eigenvalue weighted by Crippen LogP contribution is 2.53. The molecule has 0 spiro atoms. The fourth-order valence-corrected chi connectivity index (χ4v) is 3.82. The van der Waals surface area contributed by atoms with Crippen molar-refractivity contribution in [3.8, 4) is 0 Å². The summed E-state index contributed by atoms with van der Waals surface area (Å²) in [5, 5.41) is 0. The van der Waals surface area contributed by atoms with Gasteiger partial charge in [0.05, 0.1) is 0 Å². The molecule has 0 atom stereocenters. The Morgan fingerprint density at radius 3 is 1.44 bits per heavy atom. The van der Waals surface area contributed by atoms with E-state index in [2.05, 4.69) is 101 Å². The smallest absolute Gasteiger partial charge is 0.0238 e. The Morgan fingerprint density at radius 1 is 0.588 bits per heavy atom. The molecule has 0 saturated carbocycles. The van der Waals surface area contributed by atoms with Crippen molar-refractivity contribution in [1.29, 1.82) is 0 Å². The lowest BCUT2D eigenvalue weighted by Crippen LogP contribution is -2.51. The van der Waals surface area contributed by atoms with Crippen LogP contribution in [0.3, 0.4) is 0 Å². The maximum atomic E-state index is 2.40. The van der Waals surface area contributed by atoms with Gasteiger partial charge in [-0.3, -0.25) is 0 Å². The molecule has 1 aliphatic carbocycles. The molecule has 0 aliphatic heterocycles. The number of nitrogens with zero attached hydrogens (tertiary/aromatic N) is 1. The van der Waals surface area contributed by atoms with Gasteiger partial charge < -0.3 is 4.90 Å². The second-order valence-corrected chi connectivity index (χ2v) is 8.13. The summed E-state index contributed by atoms with van der Waals surface area (Å²) in [6.07, 6.45) is 1.03. The number of fused-ring (bicyclic) bond motifs is 1. The van der Waals surface area contributed by atoms with Crippen molar-refractivity contribution in [2.75, 3.05) is 14.1 Å². The van der Waals surface area contributed by atoms with E-state index in [1.165, 1.54) is 27.8 Å². The van der Waals surface area contributed by atoms with Gasteiger partial charge in [-0.05, 0) is 62.2 Å². The largest absolute Gasteiger partial charge is 0.303 e. The molecular formula is C33H59N. The molecule has 0 aromatic heterocycles. The number of allylic oxidation sites excluding steroid dienone is 1. The lowest BCUT2D eigenvalue weighted by atomic mass is 9.66. The Kier molecular flexibility index (Phi) is 21.0. The van der Waals surface area contributed by atoms with Gasteiger partial charge in [0, 0.05) is 11.0 Å². The molecule has 2 aromatic rings.